The van der Waals surface area contributed by atoms with Gasteiger partial charge in [-0.1, -0.05) is 18.2 Å². The Morgan fingerprint density at radius 2 is 2.08 bits per heavy atom. The van der Waals surface area contributed by atoms with E-state index in [1.165, 1.54) is 22.7 Å². The first-order chi connectivity index (χ1) is 12.6. The van der Waals surface area contributed by atoms with Crippen molar-refractivity contribution in [3.8, 4) is 11.3 Å². The van der Waals surface area contributed by atoms with Crippen LogP contribution in [0.15, 0.2) is 56.2 Å². The van der Waals surface area contributed by atoms with Gasteiger partial charge in [0.25, 0.3) is 5.56 Å². The van der Waals surface area contributed by atoms with E-state index in [0.29, 0.717) is 22.5 Å². The van der Waals surface area contributed by atoms with E-state index in [0.717, 1.165) is 20.2 Å². The first-order valence-electron chi connectivity index (χ1n) is 7.77. The zero-order valence-corrected chi connectivity index (χ0v) is 15.9. The average molecular weight is 403 g/mol. The number of nitrogens with zero attached hydrogens (tertiary/aromatic N) is 1. The smallest absolute Gasteiger partial charge is 0.257 e. The summed E-state index contributed by atoms with van der Waals surface area (Å²) in [5.74, 6) is 0.344. The Morgan fingerprint density at radius 3 is 2.85 bits per heavy atom. The van der Waals surface area contributed by atoms with Crippen LogP contribution < -0.4 is 5.56 Å². The molecule has 0 bridgehead atoms. The van der Waals surface area contributed by atoms with Crippen LogP contribution in [0.3, 0.4) is 0 Å². The second-order valence-electron chi connectivity index (χ2n) is 5.64. The molecule has 0 fully saturated rings. The van der Waals surface area contributed by atoms with Gasteiger partial charge in [-0.2, -0.15) is 0 Å². The number of benzene rings is 1. The SMILES string of the molecule is O=c1[nH]c2cc(CO)ccc2cc1-c1csc(CS(=O)c2cccs2)n1. The van der Waals surface area contributed by atoms with E-state index in [-0.39, 0.29) is 12.2 Å². The number of aliphatic hydroxyl groups excluding tert-OH is 1. The number of pyridine rings is 1. The van der Waals surface area contributed by atoms with Crippen LogP contribution in [0.2, 0.25) is 0 Å². The molecule has 8 heteroatoms. The third-order valence-corrected chi connectivity index (χ3v) is 7.55. The highest BCUT2D eigenvalue weighted by Gasteiger charge is 2.13. The van der Waals surface area contributed by atoms with E-state index >= 15 is 0 Å². The van der Waals surface area contributed by atoms with Crippen molar-refractivity contribution in [2.24, 2.45) is 0 Å². The summed E-state index contributed by atoms with van der Waals surface area (Å²) < 4.78 is 13.1. The van der Waals surface area contributed by atoms with Crippen LogP contribution in [0.5, 0.6) is 0 Å². The molecule has 0 saturated heterocycles. The van der Waals surface area contributed by atoms with Gasteiger partial charge in [-0.25, -0.2) is 4.98 Å². The summed E-state index contributed by atoms with van der Waals surface area (Å²) >= 11 is 2.87. The molecule has 4 aromatic rings. The minimum Gasteiger partial charge on any atom is -0.392 e. The standard InChI is InChI=1S/C18H14N2O3S3/c21-8-11-3-4-12-7-13(18(22)20-14(12)6-11)15-9-25-16(19-15)10-26(23)17-2-1-5-24-17/h1-7,9,21H,8,10H2,(H,20,22). The van der Waals surface area contributed by atoms with Crippen LogP contribution in [0.1, 0.15) is 10.6 Å². The van der Waals surface area contributed by atoms with Crippen LogP contribution >= 0.6 is 22.7 Å². The number of aromatic amines is 1. The van der Waals surface area contributed by atoms with E-state index in [1.807, 2.05) is 35.0 Å². The Hall–Kier alpha value is -2.13. The second-order valence-corrected chi connectivity index (χ2v) is 9.21. The summed E-state index contributed by atoms with van der Waals surface area (Å²) in [6, 6.07) is 11.0. The van der Waals surface area contributed by atoms with Crippen molar-refractivity contribution in [3.63, 3.8) is 0 Å². The maximum Gasteiger partial charge on any atom is 0.257 e. The van der Waals surface area contributed by atoms with Crippen LogP contribution in [0.4, 0.5) is 0 Å². The quantitative estimate of drug-likeness (QED) is 0.535. The maximum absolute atomic E-state index is 12.4. The molecule has 26 heavy (non-hydrogen) atoms. The summed E-state index contributed by atoms with van der Waals surface area (Å²) in [7, 11) is -1.12. The van der Waals surface area contributed by atoms with Gasteiger partial charge >= 0.3 is 0 Å². The van der Waals surface area contributed by atoms with E-state index < -0.39 is 10.8 Å². The molecule has 0 radical (unpaired) electrons. The van der Waals surface area contributed by atoms with Gasteiger partial charge in [-0.15, -0.1) is 22.7 Å². The third kappa shape index (κ3) is 3.41. The van der Waals surface area contributed by atoms with Gasteiger partial charge < -0.3 is 10.1 Å². The number of fused-ring (bicyclic) bond motifs is 1. The zero-order chi connectivity index (χ0) is 18.1. The van der Waals surface area contributed by atoms with E-state index in [9.17, 15) is 14.1 Å². The molecule has 0 aliphatic carbocycles. The lowest BCUT2D eigenvalue weighted by molar-refractivity contribution is 0.282. The Labute approximate surface area is 159 Å². The van der Waals surface area contributed by atoms with Crippen molar-refractivity contribution < 1.29 is 9.32 Å². The summed E-state index contributed by atoms with van der Waals surface area (Å²) in [4.78, 5) is 19.8. The van der Waals surface area contributed by atoms with Gasteiger partial charge in [0.05, 0.1) is 38.6 Å². The second kappa shape index (κ2) is 7.24. The number of thiazole rings is 1. The van der Waals surface area contributed by atoms with Crippen LogP contribution in [-0.2, 0) is 23.2 Å². The number of aromatic nitrogens is 2. The van der Waals surface area contributed by atoms with Crippen molar-refractivity contribution in [2.75, 3.05) is 0 Å². The summed E-state index contributed by atoms with van der Waals surface area (Å²) in [5.41, 5.74) is 2.26. The Morgan fingerprint density at radius 1 is 1.19 bits per heavy atom. The van der Waals surface area contributed by atoms with Gasteiger partial charge in [0.15, 0.2) is 0 Å². The lowest BCUT2D eigenvalue weighted by Gasteiger charge is -2.03. The summed E-state index contributed by atoms with van der Waals surface area (Å²) in [5, 5.41) is 14.5. The van der Waals surface area contributed by atoms with Crippen LogP contribution in [0, 0.1) is 0 Å². The number of rotatable bonds is 5. The highest BCUT2D eigenvalue weighted by Crippen LogP contribution is 2.25. The number of thiophene rings is 1. The predicted octanol–water partition coefficient (Wildman–Crippen LogP) is 3.51. The summed E-state index contributed by atoms with van der Waals surface area (Å²) in [6.45, 7) is -0.0729. The molecule has 1 aromatic carbocycles. The van der Waals surface area contributed by atoms with Gasteiger partial charge in [0.1, 0.15) is 5.01 Å². The molecular formula is C18H14N2O3S3. The highest BCUT2D eigenvalue weighted by atomic mass is 32.2. The molecule has 2 N–H and O–H groups in total. The molecule has 0 saturated carbocycles. The monoisotopic (exact) mass is 402 g/mol. The van der Waals surface area contributed by atoms with Crippen molar-refractivity contribution in [2.45, 2.75) is 16.6 Å². The number of hydrogen-bond donors (Lipinski definition) is 2. The van der Waals surface area contributed by atoms with Crippen LogP contribution in [0.25, 0.3) is 22.2 Å². The van der Waals surface area contributed by atoms with Crippen molar-refractivity contribution in [1.29, 1.82) is 0 Å². The first kappa shape index (κ1) is 17.3. The molecule has 0 aliphatic rings. The third-order valence-electron chi connectivity index (χ3n) is 3.89. The molecule has 132 valence electrons. The van der Waals surface area contributed by atoms with Gasteiger partial charge in [0.2, 0.25) is 0 Å². The molecule has 0 aliphatic heterocycles. The lowest BCUT2D eigenvalue weighted by atomic mass is 10.1. The van der Waals surface area contributed by atoms with Crippen molar-refractivity contribution in [1.82, 2.24) is 9.97 Å². The van der Waals surface area contributed by atoms with Gasteiger partial charge in [0, 0.05) is 10.9 Å². The van der Waals surface area contributed by atoms with Crippen molar-refractivity contribution in [3.05, 3.63) is 68.1 Å². The minimum absolute atomic E-state index is 0.0729. The van der Waals surface area contributed by atoms with E-state index in [1.54, 1.807) is 12.1 Å². The topological polar surface area (TPSA) is 83.0 Å². The van der Waals surface area contributed by atoms with Crippen LogP contribution in [-0.4, -0.2) is 19.3 Å². The molecule has 3 heterocycles. The number of aliphatic hydroxyl groups is 1. The van der Waals surface area contributed by atoms with Gasteiger partial charge in [-0.05, 0) is 34.5 Å². The van der Waals surface area contributed by atoms with Crippen molar-refractivity contribution >= 4 is 44.4 Å². The Kier molecular flexibility index (Phi) is 4.82. The molecule has 5 nitrogen and oxygen atoms in total. The molecule has 1 unspecified atom stereocenters. The minimum atomic E-state index is -1.12. The molecule has 1 atom stereocenters. The molecule has 0 spiro atoms. The predicted molar refractivity (Wildman–Crippen MR) is 106 cm³/mol. The molecule has 4 rings (SSSR count). The molecular weight excluding hydrogens is 388 g/mol. The highest BCUT2D eigenvalue weighted by molar-refractivity contribution is 7.86. The summed E-state index contributed by atoms with van der Waals surface area (Å²) in [6.07, 6.45) is 0. The molecule has 0 amide bonds. The average Bonchev–Trinajstić information content (AvgIpc) is 3.32. The van der Waals surface area contributed by atoms with E-state index in [2.05, 4.69) is 9.97 Å². The maximum atomic E-state index is 12.4. The number of hydrogen-bond acceptors (Lipinski definition) is 6. The fourth-order valence-electron chi connectivity index (χ4n) is 2.61. The number of nitrogens with one attached hydrogen (secondary N) is 1. The Bertz CT molecular complexity index is 1150. The lowest BCUT2D eigenvalue weighted by Crippen LogP contribution is -2.09. The fourth-order valence-corrected chi connectivity index (χ4v) is 5.67. The van der Waals surface area contributed by atoms with Gasteiger partial charge in [-0.3, -0.25) is 9.00 Å². The fraction of sp³-hybridized carbons (Fsp3) is 0.111. The van der Waals surface area contributed by atoms with E-state index in [4.69, 9.17) is 0 Å². The Balaban J connectivity index is 1.65. The largest absolute Gasteiger partial charge is 0.392 e. The zero-order valence-electron chi connectivity index (χ0n) is 13.5. The number of H-pyrrole nitrogens is 1. The molecule has 3 aromatic heterocycles. The first-order valence-corrected chi connectivity index (χ1v) is 10.9. The normalized spacial score (nSPS) is 12.5.